The van der Waals surface area contributed by atoms with E-state index in [0.29, 0.717) is 38.1 Å². The Morgan fingerprint density at radius 3 is 2.33 bits per heavy atom. The largest absolute Gasteiger partial charge is 0.357 e. The number of hydrogen-bond acceptors (Lipinski definition) is 3. The van der Waals surface area contributed by atoms with Gasteiger partial charge in [0.1, 0.15) is 23.3 Å². The van der Waals surface area contributed by atoms with Gasteiger partial charge in [-0.15, -0.1) is 0 Å². The number of piperidine rings is 1. The lowest BCUT2D eigenvalue weighted by Gasteiger charge is -2.32. The number of benzene rings is 1. The van der Waals surface area contributed by atoms with E-state index in [4.69, 9.17) is 0 Å². The SMILES string of the molecule is Cc1cccc(N2CCC(C(=O)c3c(F)cc(F)cc3F)CC2)n1. The Hall–Kier alpha value is -2.37. The van der Waals surface area contributed by atoms with Crippen LogP contribution in [0.5, 0.6) is 0 Å². The number of anilines is 1. The summed E-state index contributed by atoms with van der Waals surface area (Å²) in [5, 5.41) is 0. The Labute approximate surface area is 138 Å². The van der Waals surface area contributed by atoms with Gasteiger partial charge in [-0.3, -0.25) is 4.79 Å². The van der Waals surface area contributed by atoms with Crippen molar-refractivity contribution in [1.29, 1.82) is 0 Å². The van der Waals surface area contributed by atoms with Crippen LogP contribution < -0.4 is 4.90 Å². The molecule has 0 unspecified atom stereocenters. The summed E-state index contributed by atoms with van der Waals surface area (Å²) in [6, 6.07) is 6.80. The van der Waals surface area contributed by atoms with Gasteiger partial charge >= 0.3 is 0 Å². The summed E-state index contributed by atoms with van der Waals surface area (Å²) in [6.45, 7) is 3.06. The van der Waals surface area contributed by atoms with Crippen molar-refractivity contribution in [2.75, 3.05) is 18.0 Å². The van der Waals surface area contributed by atoms with Crippen LogP contribution in [0.4, 0.5) is 19.0 Å². The lowest BCUT2D eigenvalue weighted by Crippen LogP contribution is -2.37. The summed E-state index contributed by atoms with van der Waals surface area (Å²) in [7, 11) is 0. The van der Waals surface area contributed by atoms with Gasteiger partial charge in [-0.1, -0.05) is 6.07 Å². The van der Waals surface area contributed by atoms with Crippen LogP contribution in [0.3, 0.4) is 0 Å². The van der Waals surface area contributed by atoms with E-state index in [1.165, 1.54) is 0 Å². The van der Waals surface area contributed by atoms with Crippen molar-refractivity contribution in [3.8, 4) is 0 Å². The highest BCUT2D eigenvalue weighted by Crippen LogP contribution is 2.27. The molecule has 0 radical (unpaired) electrons. The van der Waals surface area contributed by atoms with Gasteiger partial charge in [0.2, 0.25) is 0 Å². The highest BCUT2D eigenvalue weighted by molar-refractivity contribution is 5.98. The lowest BCUT2D eigenvalue weighted by molar-refractivity contribution is 0.0891. The number of Topliss-reactive ketones (excluding diaryl/α,β-unsaturated/α-hetero) is 1. The van der Waals surface area contributed by atoms with E-state index in [1.807, 2.05) is 30.0 Å². The smallest absolute Gasteiger partial charge is 0.171 e. The molecule has 2 aromatic rings. The molecule has 24 heavy (non-hydrogen) atoms. The topological polar surface area (TPSA) is 33.2 Å². The molecule has 1 aliphatic heterocycles. The van der Waals surface area contributed by atoms with Gasteiger partial charge in [0.25, 0.3) is 0 Å². The van der Waals surface area contributed by atoms with E-state index in [0.717, 1.165) is 11.5 Å². The van der Waals surface area contributed by atoms with Gasteiger partial charge in [-0.05, 0) is 31.9 Å². The predicted octanol–water partition coefficient (Wildman–Crippen LogP) is 3.91. The molecule has 0 atom stereocenters. The molecule has 1 fully saturated rings. The number of hydrogen-bond donors (Lipinski definition) is 0. The fourth-order valence-electron chi connectivity index (χ4n) is 3.06. The van der Waals surface area contributed by atoms with Crippen LogP contribution in [0.2, 0.25) is 0 Å². The molecule has 0 bridgehead atoms. The fraction of sp³-hybridized carbons (Fsp3) is 0.333. The van der Waals surface area contributed by atoms with Crippen molar-refractivity contribution >= 4 is 11.6 Å². The zero-order valence-corrected chi connectivity index (χ0v) is 13.2. The maximum Gasteiger partial charge on any atom is 0.171 e. The third-order valence-corrected chi connectivity index (χ3v) is 4.32. The van der Waals surface area contributed by atoms with Crippen molar-refractivity contribution < 1.29 is 18.0 Å². The molecule has 126 valence electrons. The van der Waals surface area contributed by atoms with E-state index in [1.54, 1.807) is 0 Å². The molecule has 1 aromatic heterocycles. The molecule has 0 aliphatic carbocycles. The summed E-state index contributed by atoms with van der Waals surface area (Å²) in [5.74, 6) is -3.54. The number of carbonyl (C=O) groups is 1. The maximum atomic E-state index is 13.8. The molecule has 0 amide bonds. The normalized spacial score (nSPS) is 15.6. The second-order valence-corrected chi connectivity index (χ2v) is 6.01. The number of aromatic nitrogens is 1. The number of pyridine rings is 1. The summed E-state index contributed by atoms with van der Waals surface area (Å²) >= 11 is 0. The second-order valence-electron chi connectivity index (χ2n) is 6.01. The first-order valence-corrected chi connectivity index (χ1v) is 7.83. The van der Waals surface area contributed by atoms with E-state index < -0.39 is 34.7 Å². The molecule has 0 saturated carbocycles. The van der Waals surface area contributed by atoms with E-state index in [9.17, 15) is 18.0 Å². The zero-order valence-electron chi connectivity index (χ0n) is 13.2. The molecule has 1 aromatic carbocycles. The highest BCUT2D eigenvalue weighted by Gasteiger charge is 2.30. The van der Waals surface area contributed by atoms with Gasteiger partial charge in [-0.2, -0.15) is 0 Å². The van der Waals surface area contributed by atoms with Crippen LogP contribution >= 0.6 is 0 Å². The minimum atomic E-state index is -1.14. The highest BCUT2D eigenvalue weighted by atomic mass is 19.1. The molecule has 0 N–H and O–H groups in total. The first kappa shape index (κ1) is 16.5. The van der Waals surface area contributed by atoms with Crippen molar-refractivity contribution in [3.63, 3.8) is 0 Å². The molecular formula is C18H17F3N2O. The van der Waals surface area contributed by atoms with Crippen molar-refractivity contribution in [2.24, 2.45) is 5.92 Å². The summed E-state index contributed by atoms with van der Waals surface area (Å²) in [4.78, 5) is 18.9. The minimum absolute atomic E-state index is 0.472. The average molecular weight is 334 g/mol. The lowest BCUT2D eigenvalue weighted by atomic mass is 9.88. The van der Waals surface area contributed by atoms with Gasteiger partial charge in [0.15, 0.2) is 5.78 Å². The van der Waals surface area contributed by atoms with Crippen LogP contribution in [-0.4, -0.2) is 23.9 Å². The average Bonchev–Trinajstić information content (AvgIpc) is 2.54. The quantitative estimate of drug-likeness (QED) is 0.798. The molecule has 6 heteroatoms. The Bertz CT molecular complexity index is 748. The molecule has 3 rings (SSSR count). The van der Waals surface area contributed by atoms with Crippen LogP contribution in [0, 0.1) is 30.3 Å². The Morgan fingerprint density at radius 2 is 1.75 bits per heavy atom. The molecule has 0 spiro atoms. The van der Waals surface area contributed by atoms with Crippen LogP contribution in [0.25, 0.3) is 0 Å². The summed E-state index contributed by atoms with van der Waals surface area (Å²) < 4.78 is 40.5. The van der Waals surface area contributed by atoms with Crippen molar-refractivity contribution in [3.05, 3.63) is 59.0 Å². The standard InChI is InChI=1S/C18H17F3N2O/c1-11-3-2-4-16(22-11)23-7-5-12(6-8-23)18(24)17-14(20)9-13(19)10-15(17)21/h2-4,9-10,12H,5-8H2,1H3. The van der Waals surface area contributed by atoms with Crippen LogP contribution in [0.1, 0.15) is 28.9 Å². The monoisotopic (exact) mass is 334 g/mol. The zero-order chi connectivity index (χ0) is 17.3. The predicted molar refractivity (Wildman–Crippen MR) is 84.6 cm³/mol. The van der Waals surface area contributed by atoms with Crippen LogP contribution in [0.15, 0.2) is 30.3 Å². The minimum Gasteiger partial charge on any atom is -0.357 e. The Kier molecular flexibility index (Phi) is 4.55. The number of aryl methyl sites for hydroxylation is 1. The molecule has 3 nitrogen and oxygen atoms in total. The Morgan fingerprint density at radius 1 is 1.12 bits per heavy atom. The molecule has 1 saturated heterocycles. The van der Waals surface area contributed by atoms with Crippen LogP contribution in [-0.2, 0) is 0 Å². The van der Waals surface area contributed by atoms with E-state index in [2.05, 4.69) is 4.98 Å². The number of nitrogens with zero attached hydrogens (tertiary/aromatic N) is 2. The maximum absolute atomic E-state index is 13.8. The van der Waals surface area contributed by atoms with Crippen molar-refractivity contribution in [2.45, 2.75) is 19.8 Å². The third-order valence-electron chi connectivity index (χ3n) is 4.32. The first-order valence-electron chi connectivity index (χ1n) is 7.83. The van der Waals surface area contributed by atoms with E-state index >= 15 is 0 Å². The summed E-state index contributed by atoms with van der Waals surface area (Å²) in [6.07, 6.45) is 0.954. The summed E-state index contributed by atoms with van der Waals surface area (Å²) in [5.41, 5.74) is 0.268. The number of ketones is 1. The van der Waals surface area contributed by atoms with Gasteiger partial charge < -0.3 is 4.90 Å². The van der Waals surface area contributed by atoms with Gasteiger partial charge in [0.05, 0.1) is 5.56 Å². The number of rotatable bonds is 3. The van der Waals surface area contributed by atoms with Crippen molar-refractivity contribution in [1.82, 2.24) is 4.98 Å². The number of halogens is 3. The van der Waals surface area contributed by atoms with Gasteiger partial charge in [-0.25, -0.2) is 18.2 Å². The molecule has 1 aliphatic rings. The molecular weight excluding hydrogens is 317 g/mol. The third kappa shape index (κ3) is 3.27. The number of carbonyl (C=O) groups excluding carboxylic acids is 1. The Balaban J connectivity index is 1.72. The molecule has 2 heterocycles. The fourth-order valence-corrected chi connectivity index (χ4v) is 3.06. The second kappa shape index (κ2) is 6.63. The van der Waals surface area contributed by atoms with E-state index in [-0.39, 0.29) is 0 Å². The van der Waals surface area contributed by atoms with Gasteiger partial charge in [0, 0.05) is 36.8 Å². The first-order chi connectivity index (χ1) is 11.5.